The second-order valence-corrected chi connectivity index (χ2v) is 6.34. The summed E-state index contributed by atoms with van der Waals surface area (Å²) in [7, 11) is 0. The molecule has 3 aromatic rings. The average Bonchev–Trinajstić information content (AvgIpc) is 3.11. The number of imidazole rings is 1. The average molecular weight is 490 g/mol. The molecule has 0 spiro atoms. The molecule has 0 saturated heterocycles. The van der Waals surface area contributed by atoms with Crippen LogP contribution in [0.15, 0.2) is 60.0 Å². The zero-order valence-corrected chi connectivity index (χ0v) is 18.8. The maximum atomic E-state index is 4.67. The molecule has 0 amide bonds. The van der Waals surface area contributed by atoms with Gasteiger partial charge in [-0.15, -0.1) is 24.0 Å². The van der Waals surface area contributed by atoms with Crippen LogP contribution in [0.25, 0.3) is 5.82 Å². The van der Waals surface area contributed by atoms with Crippen LogP contribution in [0, 0.1) is 13.8 Å². The number of hydrogen-bond acceptors (Lipinski definition) is 3. The predicted octanol–water partition coefficient (Wildman–Crippen LogP) is 3.76. The molecular formula is C21H27IN6. The van der Waals surface area contributed by atoms with E-state index in [0.717, 1.165) is 36.3 Å². The van der Waals surface area contributed by atoms with Gasteiger partial charge >= 0.3 is 0 Å². The van der Waals surface area contributed by atoms with Gasteiger partial charge < -0.3 is 10.6 Å². The molecule has 1 aromatic carbocycles. The van der Waals surface area contributed by atoms with E-state index in [1.54, 1.807) is 6.20 Å². The van der Waals surface area contributed by atoms with Crippen LogP contribution >= 0.6 is 24.0 Å². The molecule has 2 N–H and O–H groups in total. The molecule has 28 heavy (non-hydrogen) atoms. The summed E-state index contributed by atoms with van der Waals surface area (Å²) >= 11 is 0. The monoisotopic (exact) mass is 490 g/mol. The first-order chi connectivity index (χ1) is 13.2. The highest BCUT2D eigenvalue weighted by Crippen LogP contribution is 2.09. The van der Waals surface area contributed by atoms with Crippen molar-refractivity contribution in [1.82, 2.24) is 25.2 Å². The Balaban J connectivity index is 0.00000280. The first kappa shape index (κ1) is 21.9. The SMILES string of the molecule is CCNC(=NCc1ccc(-n2ccnc2C)nc1)NCc1ccccc1C.I. The molecule has 0 radical (unpaired) electrons. The summed E-state index contributed by atoms with van der Waals surface area (Å²) in [5, 5.41) is 6.69. The van der Waals surface area contributed by atoms with Crippen molar-refractivity contribution in [3.63, 3.8) is 0 Å². The number of hydrogen-bond donors (Lipinski definition) is 2. The summed E-state index contributed by atoms with van der Waals surface area (Å²) in [6.07, 6.45) is 5.55. The van der Waals surface area contributed by atoms with Crippen molar-refractivity contribution in [2.24, 2.45) is 4.99 Å². The van der Waals surface area contributed by atoms with E-state index in [2.05, 4.69) is 69.8 Å². The highest BCUT2D eigenvalue weighted by Gasteiger charge is 2.03. The number of nitrogens with zero attached hydrogens (tertiary/aromatic N) is 4. The van der Waals surface area contributed by atoms with Gasteiger partial charge in [0.1, 0.15) is 11.6 Å². The Hall–Kier alpha value is -2.42. The van der Waals surface area contributed by atoms with E-state index >= 15 is 0 Å². The number of benzene rings is 1. The normalized spacial score (nSPS) is 11.0. The Labute approximate surface area is 183 Å². The first-order valence-electron chi connectivity index (χ1n) is 9.19. The fraction of sp³-hybridized carbons (Fsp3) is 0.286. The molecule has 0 saturated carbocycles. The number of guanidine groups is 1. The molecule has 0 aliphatic carbocycles. The van der Waals surface area contributed by atoms with Gasteiger partial charge in [0.2, 0.25) is 0 Å². The van der Waals surface area contributed by atoms with Gasteiger partial charge in [-0.2, -0.15) is 0 Å². The Bertz CT molecular complexity index is 901. The number of aliphatic imine (C=N–C) groups is 1. The molecule has 0 unspecified atom stereocenters. The maximum absolute atomic E-state index is 4.67. The molecule has 0 atom stereocenters. The molecule has 148 valence electrons. The van der Waals surface area contributed by atoms with Crippen LogP contribution in [-0.2, 0) is 13.1 Å². The largest absolute Gasteiger partial charge is 0.357 e. The number of rotatable bonds is 6. The van der Waals surface area contributed by atoms with Crippen LogP contribution in [0.2, 0.25) is 0 Å². The fourth-order valence-electron chi connectivity index (χ4n) is 2.77. The maximum Gasteiger partial charge on any atom is 0.191 e. The minimum Gasteiger partial charge on any atom is -0.357 e. The molecular weight excluding hydrogens is 463 g/mol. The van der Waals surface area contributed by atoms with E-state index in [9.17, 15) is 0 Å². The third-order valence-electron chi connectivity index (χ3n) is 4.35. The van der Waals surface area contributed by atoms with Crippen molar-refractivity contribution in [3.8, 4) is 5.82 Å². The number of aromatic nitrogens is 3. The molecule has 0 bridgehead atoms. The van der Waals surface area contributed by atoms with Gasteiger partial charge in [0.05, 0.1) is 6.54 Å². The van der Waals surface area contributed by atoms with E-state index in [1.165, 1.54) is 11.1 Å². The number of aryl methyl sites for hydroxylation is 2. The van der Waals surface area contributed by atoms with E-state index < -0.39 is 0 Å². The third kappa shape index (κ3) is 5.79. The van der Waals surface area contributed by atoms with Crippen molar-refractivity contribution >= 4 is 29.9 Å². The standard InChI is InChI=1S/C21H26N6.HI/c1-4-22-21(26-15-19-8-6-5-7-16(19)2)25-14-18-9-10-20(24-13-18)27-12-11-23-17(27)3;/h5-13H,4,14-15H2,1-3H3,(H2,22,25,26);1H. The lowest BCUT2D eigenvalue weighted by molar-refractivity contribution is 0.812. The zero-order valence-electron chi connectivity index (χ0n) is 16.5. The summed E-state index contributed by atoms with van der Waals surface area (Å²) in [6.45, 7) is 8.28. The molecule has 7 heteroatoms. The second-order valence-electron chi connectivity index (χ2n) is 6.34. The predicted molar refractivity (Wildman–Crippen MR) is 124 cm³/mol. The van der Waals surface area contributed by atoms with Crippen LogP contribution in [0.3, 0.4) is 0 Å². The Morgan fingerprint density at radius 1 is 1.07 bits per heavy atom. The minimum absolute atomic E-state index is 0. The second kappa shape index (κ2) is 10.8. The zero-order chi connectivity index (χ0) is 19.1. The Morgan fingerprint density at radius 3 is 2.54 bits per heavy atom. The van der Waals surface area contributed by atoms with E-state index in [-0.39, 0.29) is 24.0 Å². The van der Waals surface area contributed by atoms with Crippen molar-refractivity contribution in [2.45, 2.75) is 33.9 Å². The molecule has 3 rings (SSSR count). The molecule has 2 aromatic heterocycles. The molecule has 2 heterocycles. The third-order valence-corrected chi connectivity index (χ3v) is 4.35. The highest BCUT2D eigenvalue weighted by atomic mass is 127. The number of pyridine rings is 1. The highest BCUT2D eigenvalue weighted by molar-refractivity contribution is 14.0. The minimum atomic E-state index is 0. The van der Waals surface area contributed by atoms with Crippen LogP contribution in [0.5, 0.6) is 0 Å². The summed E-state index contributed by atoms with van der Waals surface area (Å²) in [5.41, 5.74) is 3.60. The van der Waals surface area contributed by atoms with Gasteiger partial charge in [-0.1, -0.05) is 30.3 Å². The molecule has 6 nitrogen and oxygen atoms in total. The van der Waals surface area contributed by atoms with Crippen LogP contribution in [-0.4, -0.2) is 27.0 Å². The van der Waals surface area contributed by atoms with Gasteiger partial charge in [0.15, 0.2) is 5.96 Å². The van der Waals surface area contributed by atoms with Gasteiger partial charge in [0.25, 0.3) is 0 Å². The van der Waals surface area contributed by atoms with E-state index in [1.807, 2.05) is 30.0 Å². The van der Waals surface area contributed by atoms with Gasteiger partial charge in [-0.25, -0.2) is 15.0 Å². The van der Waals surface area contributed by atoms with Crippen LogP contribution in [0.1, 0.15) is 29.4 Å². The lowest BCUT2D eigenvalue weighted by atomic mass is 10.1. The molecule has 0 aliphatic heterocycles. The number of nitrogens with one attached hydrogen (secondary N) is 2. The smallest absolute Gasteiger partial charge is 0.191 e. The Morgan fingerprint density at radius 2 is 1.89 bits per heavy atom. The quantitative estimate of drug-likeness (QED) is 0.314. The van der Waals surface area contributed by atoms with Crippen LogP contribution in [0.4, 0.5) is 0 Å². The summed E-state index contributed by atoms with van der Waals surface area (Å²) < 4.78 is 1.96. The summed E-state index contributed by atoms with van der Waals surface area (Å²) in [4.78, 5) is 13.4. The van der Waals surface area contributed by atoms with Crippen molar-refractivity contribution in [1.29, 1.82) is 0 Å². The van der Waals surface area contributed by atoms with Crippen molar-refractivity contribution in [2.75, 3.05) is 6.54 Å². The van der Waals surface area contributed by atoms with Crippen LogP contribution < -0.4 is 10.6 Å². The van der Waals surface area contributed by atoms with Gasteiger partial charge in [-0.3, -0.25) is 4.57 Å². The summed E-state index contributed by atoms with van der Waals surface area (Å²) in [6, 6.07) is 12.4. The molecule has 0 aliphatic rings. The van der Waals surface area contributed by atoms with Crippen molar-refractivity contribution in [3.05, 3.63) is 77.5 Å². The topological polar surface area (TPSA) is 67.1 Å². The van der Waals surface area contributed by atoms with E-state index in [4.69, 9.17) is 0 Å². The lowest BCUT2D eigenvalue weighted by Crippen LogP contribution is -2.36. The van der Waals surface area contributed by atoms with E-state index in [0.29, 0.717) is 6.54 Å². The van der Waals surface area contributed by atoms with Crippen molar-refractivity contribution < 1.29 is 0 Å². The first-order valence-corrected chi connectivity index (χ1v) is 9.19. The Kier molecular flexibility index (Phi) is 8.43. The van der Waals surface area contributed by atoms with Gasteiger partial charge in [-0.05, 0) is 43.5 Å². The summed E-state index contributed by atoms with van der Waals surface area (Å²) in [5.74, 6) is 2.58. The fourth-order valence-corrected chi connectivity index (χ4v) is 2.77. The lowest BCUT2D eigenvalue weighted by Gasteiger charge is -2.12. The van der Waals surface area contributed by atoms with Gasteiger partial charge in [0, 0.05) is 31.7 Å². The number of halogens is 1. The molecule has 0 fully saturated rings.